The average Bonchev–Trinajstić information content (AvgIpc) is 2.29. The normalized spacial score (nSPS) is 11.8. The molecule has 0 rings (SSSR count). The maximum Gasteiger partial charge on any atom is 0.407 e. The quantitative estimate of drug-likeness (QED) is 0.672. The van der Waals surface area contributed by atoms with Crippen molar-refractivity contribution in [1.82, 2.24) is 10.6 Å². The number of hydrogen-bond donors (Lipinski definition) is 2. The Labute approximate surface area is 123 Å². The Morgan fingerprint density at radius 3 is 2.40 bits per heavy atom. The van der Waals surface area contributed by atoms with Crippen molar-refractivity contribution in [1.29, 1.82) is 5.26 Å². The van der Waals surface area contributed by atoms with Crippen LogP contribution in [0, 0.1) is 16.7 Å². The third-order valence-electron chi connectivity index (χ3n) is 2.72. The molecule has 0 aromatic rings. The molecule has 0 aromatic heterocycles. The number of amides is 1. The number of rotatable bonds is 8. The highest BCUT2D eigenvalue weighted by molar-refractivity contribution is 5.67. The number of nitrogens with zero attached hydrogens (tertiary/aromatic N) is 1. The van der Waals surface area contributed by atoms with Crippen LogP contribution in [0.4, 0.5) is 4.79 Å². The molecule has 2 N–H and O–H groups in total. The first-order valence-electron chi connectivity index (χ1n) is 7.21. The lowest BCUT2D eigenvalue weighted by Gasteiger charge is -2.24. The zero-order chi connectivity index (χ0) is 15.6. The van der Waals surface area contributed by atoms with Crippen LogP contribution in [0.5, 0.6) is 0 Å². The predicted octanol–water partition coefficient (Wildman–Crippen LogP) is 2.82. The SMILES string of the molecule is CC(C)(CCC#N)CNCCCNC(=O)OC(C)(C)C. The fourth-order valence-corrected chi connectivity index (χ4v) is 1.63. The number of ether oxygens (including phenoxy) is 1. The molecule has 0 aromatic carbocycles. The fourth-order valence-electron chi connectivity index (χ4n) is 1.63. The lowest BCUT2D eigenvalue weighted by Crippen LogP contribution is -2.35. The van der Waals surface area contributed by atoms with Crippen LogP contribution in [-0.4, -0.2) is 31.3 Å². The van der Waals surface area contributed by atoms with E-state index in [2.05, 4.69) is 30.6 Å². The van der Waals surface area contributed by atoms with Gasteiger partial charge in [0, 0.05) is 19.5 Å². The Bertz CT molecular complexity index is 327. The van der Waals surface area contributed by atoms with Gasteiger partial charge < -0.3 is 15.4 Å². The third-order valence-corrected chi connectivity index (χ3v) is 2.72. The Kier molecular flexibility index (Phi) is 8.24. The van der Waals surface area contributed by atoms with Crippen LogP contribution in [0.25, 0.3) is 0 Å². The van der Waals surface area contributed by atoms with E-state index in [1.54, 1.807) is 0 Å². The maximum absolute atomic E-state index is 11.4. The number of carbonyl (C=O) groups is 1. The summed E-state index contributed by atoms with van der Waals surface area (Å²) in [5.41, 5.74) is -0.318. The minimum Gasteiger partial charge on any atom is -0.444 e. The van der Waals surface area contributed by atoms with Crippen LogP contribution in [-0.2, 0) is 4.74 Å². The van der Waals surface area contributed by atoms with Gasteiger partial charge >= 0.3 is 6.09 Å². The summed E-state index contributed by atoms with van der Waals surface area (Å²) in [6.45, 7) is 12.1. The van der Waals surface area contributed by atoms with E-state index < -0.39 is 5.60 Å². The van der Waals surface area contributed by atoms with Crippen molar-refractivity contribution in [2.45, 2.75) is 59.5 Å². The van der Waals surface area contributed by atoms with Gasteiger partial charge in [-0.15, -0.1) is 0 Å². The highest BCUT2D eigenvalue weighted by Crippen LogP contribution is 2.20. The highest BCUT2D eigenvalue weighted by atomic mass is 16.6. The number of nitriles is 1. The van der Waals surface area contributed by atoms with Gasteiger partial charge in [0.05, 0.1) is 6.07 Å². The molecule has 0 aliphatic rings. The van der Waals surface area contributed by atoms with E-state index in [0.717, 1.165) is 25.9 Å². The molecule has 0 bridgehead atoms. The molecule has 0 atom stereocenters. The Morgan fingerprint density at radius 2 is 1.85 bits per heavy atom. The molecular weight excluding hydrogens is 254 g/mol. The van der Waals surface area contributed by atoms with Crippen molar-refractivity contribution in [3.05, 3.63) is 0 Å². The molecule has 0 aliphatic carbocycles. The predicted molar refractivity (Wildman–Crippen MR) is 80.4 cm³/mol. The van der Waals surface area contributed by atoms with Crippen LogP contribution in [0.3, 0.4) is 0 Å². The Hall–Kier alpha value is -1.28. The van der Waals surface area contributed by atoms with E-state index in [9.17, 15) is 4.79 Å². The Morgan fingerprint density at radius 1 is 1.20 bits per heavy atom. The number of carbonyl (C=O) groups excluding carboxylic acids is 1. The van der Waals surface area contributed by atoms with Crippen molar-refractivity contribution in [2.75, 3.05) is 19.6 Å². The topological polar surface area (TPSA) is 74.2 Å². The first-order valence-corrected chi connectivity index (χ1v) is 7.21. The number of nitrogens with one attached hydrogen (secondary N) is 2. The summed E-state index contributed by atoms with van der Waals surface area (Å²) < 4.78 is 5.14. The molecule has 0 unspecified atom stereocenters. The van der Waals surface area contributed by atoms with Crippen molar-refractivity contribution in [2.24, 2.45) is 5.41 Å². The molecular formula is C15H29N3O2. The maximum atomic E-state index is 11.4. The summed E-state index contributed by atoms with van der Waals surface area (Å²) in [5, 5.41) is 14.7. The number of hydrogen-bond acceptors (Lipinski definition) is 4. The van der Waals surface area contributed by atoms with Gasteiger partial charge in [-0.3, -0.25) is 0 Å². The lowest BCUT2D eigenvalue weighted by molar-refractivity contribution is 0.0527. The Balaban J connectivity index is 3.59. The molecule has 5 nitrogen and oxygen atoms in total. The molecule has 1 amide bonds. The summed E-state index contributed by atoms with van der Waals surface area (Å²) in [4.78, 5) is 11.4. The van der Waals surface area contributed by atoms with Crippen molar-refractivity contribution >= 4 is 6.09 Å². The second-order valence-electron chi connectivity index (χ2n) is 6.78. The van der Waals surface area contributed by atoms with Gasteiger partial charge in [0.1, 0.15) is 5.60 Å². The van der Waals surface area contributed by atoms with Gasteiger partial charge in [-0.05, 0) is 45.6 Å². The molecule has 116 valence electrons. The van der Waals surface area contributed by atoms with E-state index in [1.165, 1.54) is 0 Å². The zero-order valence-electron chi connectivity index (χ0n) is 13.5. The minimum atomic E-state index is -0.451. The summed E-state index contributed by atoms with van der Waals surface area (Å²) >= 11 is 0. The van der Waals surface area contributed by atoms with Gasteiger partial charge in [-0.1, -0.05) is 13.8 Å². The van der Waals surface area contributed by atoms with E-state index in [0.29, 0.717) is 13.0 Å². The largest absolute Gasteiger partial charge is 0.444 e. The molecule has 0 fully saturated rings. The minimum absolute atomic E-state index is 0.133. The standard InChI is InChI=1S/C15H29N3O2/c1-14(2,3)20-13(19)18-11-7-10-17-12-15(4,5)8-6-9-16/h17H,6-8,10-12H2,1-5H3,(H,18,19). The molecule has 0 saturated carbocycles. The summed E-state index contributed by atoms with van der Waals surface area (Å²) in [6.07, 6.45) is 1.97. The van der Waals surface area contributed by atoms with Gasteiger partial charge in [-0.2, -0.15) is 5.26 Å². The van der Waals surface area contributed by atoms with Crippen LogP contribution in [0.15, 0.2) is 0 Å². The summed E-state index contributed by atoms with van der Waals surface area (Å²) in [7, 11) is 0. The van der Waals surface area contributed by atoms with Crippen LogP contribution in [0.2, 0.25) is 0 Å². The second kappa shape index (κ2) is 8.80. The molecule has 0 aliphatic heterocycles. The molecule has 0 saturated heterocycles. The summed E-state index contributed by atoms with van der Waals surface area (Å²) in [6, 6.07) is 2.18. The first-order chi connectivity index (χ1) is 9.16. The van der Waals surface area contributed by atoms with Crippen molar-refractivity contribution in [3.63, 3.8) is 0 Å². The van der Waals surface area contributed by atoms with Crippen LogP contribution in [0.1, 0.15) is 53.9 Å². The van der Waals surface area contributed by atoms with Gasteiger partial charge in [0.15, 0.2) is 0 Å². The van der Waals surface area contributed by atoms with Crippen molar-refractivity contribution < 1.29 is 9.53 Å². The molecule has 0 spiro atoms. The van der Waals surface area contributed by atoms with Crippen molar-refractivity contribution in [3.8, 4) is 6.07 Å². The second-order valence-corrected chi connectivity index (χ2v) is 6.78. The van der Waals surface area contributed by atoms with Gasteiger partial charge in [0.2, 0.25) is 0 Å². The monoisotopic (exact) mass is 283 g/mol. The number of alkyl carbamates (subject to hydrolysis) is 1. The van der Waals surface area contributed by atoms with E-state index >= 15 is 0 Å². The highest BCUT2D eigenvalue weighted by Gasteiger charge is 2.17. The van der Waals surface area contributed by atoms with Crippen LogP contribution < -0.4 is 10.6 Å². The zero-order valence-corrected chi connectivity index (χ0v) is 13.5. The average molecular weight is 283 g/mol. The molecule has 0 heterocycles. The van der Waals surface area contributed by atoms with E-state index in [1.807, 2.05) is 20.8 Å². The lowest BCUT2D eigenvalue weighted by atomic mass is 9.88. The summed E-state index contributed by atoms with van der Waals surface area (Å²) in [5.74, 6) is 0. The van der Waals surface area contributed by atoms with Gasteiger partial charge in [-0.25, -0.2) is 4.79 Å². The molecule has 0 radical (unpaired) electrons. The third kappa shape index (κ3) is 11.8. The fraction of sp³-hybridized carbons (Fsp3) is 0.867. The smallest absolute Gasteiger partial charge is 0.407 e. The van der Waals surface area contributed by atoms with E-state index in [4.69, 9.17) is 10.00 Å². The van der Waals surface area contributed by atoms with Gasteiger partial charge in [0.25, 0.3) is 0 Å². The molecule has 5 heteroatoms. The van der Waals surface area contributed by atoms with Crippen LogP contribution >= 0.6 is 0 Å². The van der Waals surface area contributed by atoms with E-state index in [-0.39, 0.29) is 11.5 Å². The first kappa shape index (κ1) is 18.7. The molecule has 20 heavy (non-hydrogen) atoms.